The Labute approximate surface area is 116 Å². The van der Waals surface area contributed by atoms with Crippen molar-refractivity contribution in [2.45, 2.75) is 58.3 Å². The van der Waals surface area contributed by atoms with Gasteiger partial charge < -0.3 is 4.79 Å². The Morgan fingerprint density at radius 1 is 1.11 bits per heavy atom. The van der Waals surface area contributed by atoms with Gasteiger partial charge in [-0.05, 0) is 24.7 Å². The normalized spacial score (nSPS) is 31.8. The van der Waals surface area contributed by atoms with Crippen molar-refractivity contribution in [2.24, 2.45) is 23.7 Å². The second-order valence-corrected chi connectivity index (χ2v) is 6.17. The van der Waals surface area contributed by atoms with E-state index in [1.165, 1.54) is 25.7 Å². The van der Waals surface area contributed by atoms with Crippen LogP contribution in [0, 0.1) is 23.7 Å². The van der Waals surface area contributed by atoms with Gasteiger partial charge in [0.25, 0.3) is 0 Å². The van der Waals surface area contributed by atoms with E-state index in [1.54, 1.807) is 0 Å². The Kier molecular flexibility index (Phi) is 5.35. The van der Waals surface area contributed by atoms with Crippen molar-refractivity contribution in [3.8, 4) is 0 Å². The van der Waals surface area contributed by atoms with E-state index in [4.69, 9.17) is 0 Å². The molecule has 2 aliphatic rings. The molecule has 0 unspecified atom stereocenters. The minimum atomic E-state index is -0.0254. The fourth-order valence-corrected chi connectivity index (χ4v) is 3.75. The zero-order valence-electron chi connectivity index (χ0n) is 12.0. The molecule has 0 amide bonds. The first kappa shape index (κ1) is 14.5. The topological polar surface area (TPSA) is 34.1 Å². The van der Waals surface area contributed by atoms with Crippen LogP contribution in [0.3, 0.4) is 0 Å². The van der Waals surface area contributed by atoms with Crippen LogP contribution >= 0.6 is 0 Å². The van der Waals surface area contributed by atoms with E-state index in [0.717, 1.165) is 25.5 Å². The summed E-state index contributed by atoms with van der Waals surface area (Å²) in [6, 6.07) is 0. The van der Waals surface area contributed by atoms with Gasteiger partial charge in [0.05, 0.1) is 0 Å². The Morgan fingerprint density at radius 2 is 1.79 bits per heavy atom. The van der Waals surface area contributed by atoms with E-state index in [-0.39, 0.29) is 11.8 Å². The second kappa shape index (κ2) is 7.02. The van der Waals surface area contributed by atoms with Crippen LogP contribution in [0.15, 0.2) is 12.2 Å². The van der Waals surface area contributed by atoms with Gasteiger partial charge in [-0.15, -0.1) is 0 Å². The van der Waals surface area contributed by atoms with E-state index in [0.29, 0.717) is 24.0 Å². The standard InChI is InChI=1S/C17H26O2/c1-2-3-4-5-6-7-8-16(19)17-14-10-9-13(11-14)15(17)12-18/h9-10,12-15,17H,2-8,11H2,1H3/t13-,14+,15-,17+/m1/s1. The number of rotatable bonds is 9. The molecule has 0 aromatic carbocycles. The summed E-state index contributed by atoms with van der Waals surface area (Å²) in [5.41, 5.74) is 0. The summed E-state index contributed by atoms with van der Waals surface area (Å²) in [5.74, 6) is 1.02. The molecule has 0 aromatic heterocycles. The molecule has 0 radical (unpaired) electrons. The van der Waals surface area contributed by atoms with Crippen LogP contribution in [-0.2, 0) is 9.59 Å². The summed E-state index contributed by atoms with van der Waals surface area (Å²) >= 11 is 0. The predicted octanol–water partition coefficient (Wildman–Crippen LogP) is 3.94. The van der Waals surface area contributed by atoms with Gasteiger partial charge in [0.2, 0.25) is 0 Å². The van der Waals surface area contributed by atoms with E-state index >= 15 is 0 Å². The van der Waals surface area contributed by atoms with Gasteiger partial charge in [0.1, 0.15) is 12.1 Å². The Hall–Kier alpha value is -0.920. The molecule has 0 aliphatic heterocycles. The summed E-state index contributed by atoms with van der Waals surface area (Å²) in [5, 5.41) is 0. The summed E-state index contributed by atoms with van der Waals surface area (Å²) in [7, 11) is 0. The lowest BCUT2D eigenvalue weighted by Gasteiger charge is -2.22. The number of carbonyl (C=O) groups excluding carboxylic acids is 2. The van der Waals surface area contributed by atoms with Crippen LogP contribution in [0.2, 0.25) is 0 Å². The molecule has 2 nitrogen and oxygen atoms in total. The highest BCUT2D eigenvalue weighted by molar-refractivity contribution is 5.85. The van der Waals surface area contributed by atoms with E-state index in [1.807, 2.05) is 0 Å². The van der Waals surface area contributed by atoms with Gasteiger partial charge in [-0.3, -0.25) is 4.79 Å². The molecule has 1 fully saturated rings. The van der Waals surface area contributed by atoms with Crippen molar-refractivity contribution in [2.75, 3.05) is 0 Å². The lowest BCUT2D eigenvalue weighted by molar-refractivity contribution is -0.128. The summed E-state index contributed by atoms with van der Waals surface area (Å²) < 4.78 is 0. The van der Waals surface area contributed by atoms with Gasteiger partial charge in [-0.1, -0.05) is 51.2 Å². The number of allylic oxidation sites excluding steroid dienone is 2. The monoisotopic (exact) mass is 262 g/mol. The predicted molar refractivity (Wildman–Crippen MR) is 76.8 cm³/mol. The first-order valence-corrected chi connectivity index (χ1v) is 7.94. The number of Topliss-reactive ketones (excluding diaryl/α,β-unsaturated/α-hetero) is 1. The molecule has 2 heteroatoms. The third-order valence-electron chi connectivity index (χ3n) is 4.83. The molecule has 4 atom stereocenters. The average Bonchev–Trinajstić information content (AvgIpc) is 3.02. The van der Waals surface area contributed by atoms with Gasteiger partial charge >= 0.3 is 0 Å². The van der Waals surface area contributed by atoms with Crippen molar-refractivity contribution < 1.29 is 9.59 Å². The molecule has 0 spiro atoms. The molecular weight excluding hydrogens is 236 g/mol. The van der Waals surface area contributed by atoms with Crippen LogP contribution in [0.4, 0.5) is 0 Å². The van der Waals surface area contributed by atoms with Crippen LogP contribution in [0.5, 0.6) is 0 Å². The first-order valence-electron chi connectivity index (χ1n) is 7.94. The molecule has 2 aliphatic carbocycles. The number of carbonyl (C=O) groups is 2. The lowest BCUT2D eigenvalue weighted by atomic mass is 9.80. The molecular formula is C17H26O2. The lowest BCUT2D eigenvalue weighted by Crippen LogP contribution is -2.28. The van der Waals surface area contributed by atoms with Crippen molar-refractivity contribution in [3.05, 3.63) is 12.2 Å². The summed E-state index contributed by atoms with van der Waals surface area (Å²) in [6.07, 6.45) is 14.3. The molecule has 2 bridgehead atoms. The third kappa shape index (κ3) is 3.34. The molecule has 0 N–H and O–H groups in total. The third-order valence-corrected chi connectivity index (χ3v) is 4.83. The molecule has 0 saturated heterocycles. The maximum absolute atomic E-state index is 12.3. The van der Waals surface area contributed by atoms with Gasteiger partial charge in [-0.2, -0.15) is 0 Å². The van der Waals surface area contributed by atoms with Gasteiger partial charge in [0.15, 0.2) is 0 Å². The van der Waals surface area contributed by atoms with Gasteiger partial charge in [-0.25, -0.2) is 0 Å². The second-order valence-electron chi connectivity index (χ2n) is 6.17. The minimum Gasteiger partial charge on any atom is -0.303 e. The highest BCUT2D eigenvalue weighted by Gasteiger charge is 2.47. The molecule has 106 valence electrons. The quantitative estimate of drug-likeness (QED) is 0.358. The molecule has 0 heterocycles. The van der Waals surface area contributed by atoms with E-state index in [2.05, 4.69) is 19.1 Å². The summed E-state index contributed by atoms with van der Waals surface area (Å²) in [6.45, 7) is 2.21. The highest BCUT2D eigenvalue weighted by Crippen LogP contribution is 2.47. The fraction of sp³-hybridized carbons (Fsp3) is 0.765. The maximum atomic E-state index is 12.3. The first-order chi connectivity index (χ1) is 9.27. The number of ketones is 1. The Morgan fingerprint density at radius 3 is 2.53 bits per heavy atom. The SMILES string of the molecule is CCCCCCCCC(=O)[C@@H]1[C@H](C=O)[C@@H]2C=C[C@H]1C2. The minimum absolute atomic E-state index is 0.00291. The van der Waals surface area contributed by atoms with E-state index < -0.39 is 0 Å². The van der Waals surface area contributed by atoms with Crippen molar-refractivity contribution in [1.82, 2.24) is 0 Å². The fourth-order valence-electron chi connectivity index (χ4n) is 3.75. The number of fused-ring (bicyclic) bond motifs is 2. The largest absolute Gasteiger partial charge is 0.303 e. The van der Waals surface area contributed by atoms with Crippen LogP contribution in [-0.4, -0.2) is 12.1 Å². The molecule has 19 heavy (non-hydrogen) atoms. The van der Waals surface area contributed by atoms with Crippen LogP contribution < -0.4 is 0 Å². The van der Waals surface area contributed by atoms with Crippen LogP contribution in [0.1, 0.15) is 58.3 Å². The number of hydrogen-bond donors (Lipinski definition) is 0. The summed E-state index contributed by atoms with van der Waals surface area (Å²) in [4.78, 5) is 23.5. The Bertz CT molecular complexity index is 345. The van der Waals surface area contributed by atoms with E-state index in [9.17, 15) is 9.59 Å². The Balaban J connectivity index is 1.71. The zero-order chi connectivity index (χ0) is 13.7. The van der Waals surface area contributed by atoms with Crippen molar-refractivity contribution in [3.63, 3.8) is 0 Å². The molecule has 1 saturated carbocycles. The van der Waals surface area contributed by atoms with Crippen molar-refractivity contribution >= 4 is 12.1 Å². The molecule has 2 rings (SSSR count). The average molecular weight is 262 g/mol. The number of hydrogen-bond acceptors (Lipinski definition) is 2. The van der Waals surface area contributed by atoms with Crippen molar-refractivity contribution in [1.29, 1.82) is 0 Å². The highest BCUT2D eigenvalue weighted by atomic mass is 16.1. The van der Waals surface area contributed by atoms with Gasteiger partial charge in [0, 0.05) is 18.3 Å². The number of unbranched alkanes of at least 4 members (excludes halogenated alkanes) is 5. The molecule has 0 aromatic rings. The maximum Gasteiger partial charge on any atom is 0.137 e. The van der Waals surface area contributed by atoms with Crippen LogP contribution in [0.25, 0.3) is 0 Å². The zero-order valence-corrected chi connectivity index (χ0v) is 12.0. The number of aldehydes is 1. The smallest absolute Gasteiger partial charge is 0.137 e.